The first kappa shape index (κ1) is 21.8. The first-order valence-electron chi connectivity index (χ1n) is 9.12. The van der Waals surface area contributed by atoms with Gasteiger partial charge >= 0.3 is 0 Å². The lowest BCUT2D eigenvalue weighted by Crippen LogP contribution is -2.43. The maximum absolute atomic E-state index is 6.60. The third kappa shape index (κ3) is 8.59. The molecule has 0 heterocycles. The van der Waals surface area contributed by atoms with Crippen molar-refractivity contribution in [1.82, 2.24) is 0 Å². The van der Waals surface area contributed by atoms with Crippen LogP contribution in [0.15, 0.2) is 30.3 Å². The molecule has 0 aliphatic carbocycles. The molecule has 0 aromatic heterocycles. The molecule has 0 fully saturated rings. The topological polar surface area (TPSA) is 9.23 Å². The molecule has 0 amide bonds. The Bertz CT molecular complexity index is 656. The van der Waals surface area contributed by atoms with Gasteiger partial charge in [0, 0.05) is 18.4 Å². The van der Waals surface area contributed by atoms with Gasteiger partial charge in [-0.1, -0.05) is 70.5 Å². The van der Waals surface area contributed by atoms with E-state index in [0.29, 0.717) is 0 Å². The Labute approximate surface area is 157 Å². The van der Waals surface area contributed by atoms with Gasteiger partial charge in [-0.3, -0.25) is 0 Å². The molecule has 1 aromatic carbocycles. The third-order valence-corrected chi connectivity index (χ3v) is 9.86. The van der Waals surface area contributed by atoms with Gasteiger partial charge in [0.05, 0.1) is 6.10 Å². The number of hydrogen-bond donors (Lipinski definition) is 0. The molecule has 0 aliphatic rings. The van der Waals surface area contributed by atoms with E-state index in [9.17, 15) is 0 Å². The highest BCUT2D eigenvalue weighted by atomic mass is 28.4. The predicted octanol–water partition coefficient (Wildman–Crippen LogP) is 6.09. The lowest BCUT2D eigenvalue weighted by molar-refractivity contribution is 0.191. The second-order valence-electron chi connectivity index (χ2n) is 9.13. The van der Waals surface area contributed by atoms with Crippen molar-refractivity contribution >= 4 is 16.4 Å². The molecule has 1 unspecified atom stereocenters. The largest absolute Gasteiger partial charge is 0.412 e. The molecule has 0 saturated heterocycles. The summed E-state index contributed by atoms with van der Waals surface area (Å²) >= 11 is 0. The van der Waals surface area contributed by atoms with Crippen LogP contribution in [-0.2, 0) is 4.43 Å². The summed E-state index contributed by atoms with van der Waals surface area (Å²) < 4.78 is 6.60. The zero-order chi connectivity index (χ0) is 19.1. The summed E-state index contributed by atoms with van der Waals surface area (Å²) in [5.74, 6) is 9.96. The summed E-state index contributed by atoms with van der Waals surface area (Å²) in [4.78, 5) is 0. The van der Waals surface area contributed by atoms with Crippen LogP contribution >= 0.6 is 0 Å². The Kier molecular flexibility index (Phi) is 7.75. The van der Waals surface area contributed by atoms with E-state index < -0.39 is 16.4 Å². The van der Waals surface area contributed by atoms with Crippen LogP contribution in [0.3, 0.4) is 0 Å². The Balaban J connectivity index is 2.87. The van der Waals surface area contributed by atoms with Crippen molar-refractivity contribution in [3.63, 3.8) is 0 Å². The van der Waals surface area contributed by atoms with Gasteiger partial charge in [0.25, 0.3) is 0 Å². The monoisotopic (exact) mass is 370 g/mol. The molecule has 0 N–H and O–H groups in total. The van der Waals surface area contributed by atoms with Crippen molar-refractivity contribution < 1.29 is 4.43 Å². The van der Waals surface area contributed by atoms with Crippen molar-refractivity contribution in [2.75, 3.05) is 0 Å². The molecule has 0 saturated carbocycles. The van der Waals surface area contributed by atoms with Gasteiger partial charge in [0.2, 0.25) is 0 Å². The summed E-state index contributed by atoms with van der Waals surface area (Å²) in [6.45, 7) is 18.3. The van der Waals surface area contributed by atoms with Crippen LogP contribution in [0.25, 0.3) is 0 Å². The quantitative estimate of drug-likeness (QED) is 0.460. The molecule has 3 heteroatoms. The fraction of sp³-hybridized carbons (Fsp3) is 0.545. The van der Waals surface area contributed by atoms with E-state index in [4.69, 9.17) is 4.43 Å². The number of rotatable bonds is 4. The van der Waals surface area contributed by atoms with Crippen LogP contribution in [0.5, 0.6) is 0 Å². The third-order valence-electron chi connectivity index (χ3n) is 4.40. The molecule has 1 aromatic rings. The molecule has 0 aliphatic heterocycles. The molecule has 0 bridgehead atoms. The first-order valence-corrected chi connectivity index (χ1v) is 15.5. The summed E-state index contributed by atoms with van der Waals surface area (Å²) in [5, 5.41) is 0.199. The Morgan fingerprint density at radius 2 is 1.48 bits per heavy atom. The van der Waals surface area contributed by atoms with Crippen LogP contribution in [0.1, 0.15) is 39.2 Å². The normalized spacial score (nSPS) is 13.3. The molecular weight excluding hydrogens is 336 g/mol. The van der Waals surface area contributed by atoms with Gasteiger partial charge in [-0.05, 0) is 30.3 Å². The van der Waals surface area contributed by atoms with Crippen molar-refractivity contribution in [2.24, 2.45) is 0 Å². The van der Waals surface area contributed by atoms with E-state index >= 15 is 0 Å². The van der Waals surface area contributed by atoms with Crippen LogP contribution in [0.2, 0.25) is 37.8 Å². The minimum absolute atomic E-state index is 0.0981. The lowest BCUT2D eigenvalue weighted by atomic mass is 10.2. The minimum Gasteiger partial charge on any atom is -0.412 e. The van der Waals surface area contributed by atoms with Crippen molar-refractivity contribution in [3.8, 4) is 23.3 Å². The molecule has 0 radical (unpaired) electrons. The van der Waals surface area contributed by atoms with Crippen LogP contribution in [-0.4, -0.2) is 22.5 Å². The second kappa shape index (κ2) is 8.90. The van der Waals surface area contributed by atoms with E-state index in [0.717, 1.165) is 18.4 Å². The molecule has 1 nitrogen and oxygen atoms in total. The van der Waals surface area contributed by atoms with E-state index in [1.54, 1.807) is 0 Å². The summed E-state index contributed by atoms with van der Waals surface area (Å²) in [6, 6.07) is 10.1. The van der Waals surface area contributed by atoms with Gasteiger partial charge in [0.15, 0.2) is 8.32 Å². The van der Waals surface area contributed by atoms with E-state index in [1.807, 2.05) is 30.3 Å². The van der Waals surface area contributed by atoms with Crippen molar-refractivity contribution in [2.45, 2.75) is 77.5 Å². The fourth-order valence-corrected chi connectivity index (χ4v) is 3.95. The maximum atomic E-state index is 6.60. The van der Waals surface area contributed by atoms with E-state index in [1.165, 1.54) is 0 Å². The average molecular weight is 371 g/mol. The van der Waals surface area contributed by atoms with Crippen molar-refractivity contribution in [1.29, 1.82) is 0 Å². The number of hydrogen-bond acceptors (Lipinski definition) is 1. The van der Waals surface area contributed by atoms with E-state index in [2.05, 4.69) is 76.8 Å². The standard InChI is InChI=1S/C22H34OSi2/c1-22(2,3)25(7,8)23-21(18-13-19-24(4,5)6)17-12-16-20-14-10-9-11-15-20/h9-11,14-15,21H,17-18H2,1-8H3. The van der Waals surface area contributed by atoms with Gasteiger partial charge in [-0.15, -0.1) is 11.5 Å². The van der Waals surface area contributed by atoms with Crippen LogP contribution in [0.4, 0.5) is 0 Å². The Hall–Kier alpha value is -1.27. The second-order valence-corrected chi connectivity index (χ2v) is 18.6. The fourth-order valence-electron chi connectivity index (χ4n) is 1.97. The maximum Gasteiger partial charge on any atom is 0.192 e. The smallest absolute Gasteiger partial charge is 0.192 e. The highest BCUT2D eigenvalue weighted by Gasteiger charge is 2.38. The van der Waals surface area contributed by atoms with Gasteiger partial charge < -0.3 is 4.43 Å². The lowest BCUT2D eigenvalue weighted by Gasteiger charge is -2.38. The molecule has 136 valence electrons. The van der Waals surface area contributed by atoms with Gasteiger partial charge in [-0.25, -0.2) is 0 Å². The van der Waals surface area contributed by atoms with Crippen LogP contribution in [0, 0.1) is 23.3 Å². The molecule has 1 atom stereocenters. The highest BCUT2D eigenvalue weighted by molar-refractivity contribution is 6.83. The zero-order valence-electron chi connectivity index (χ0n) is 17.3. The van der Waals surface area contributed by atoms with Crippen LogP contribution < -0.4 is 0 Å². The highest BCUT2D eigenvalue weighted by Crippen LogP contribution is 2.37. The average Bonchev–Trinajstić information content (AvgIpc) is 2.45. The van der Waals surface area contributed by atoms with Crippen molar-refractivity contribution in [3.05, 3.63) is 35.9 Å². The summed E-state index contributed by atoms with van der Waals surface area (Å²) in [6.07, 6.45) is 1.61. The summed E-state index contributed by atoms with van der Waals surface area (Å²) in [5.41, 5.74) is 4.52. The predicted molar refractivity (Wildman–Crippen MR) is 116 cm³/mol. The zero-order valence-corrected chi connectivity index (χ0v) is 19.3. The minimum atomic E-state index is -1.82. The summed E-state index contributed by atoms with van der Waals surface area (Å²) in [7, 11) is -3.16. The SMILES string of the molecule is CC(C)(C)[Si](C)(C)OC(CC#Cc1ccccc1)CC#C[Si](C)(C)C. The van der Waals surface area contributed by atoms with Gasteiger partial charge in [0.1, 0.15) is 8.07 Å². The molecule has 25 heavy (non-hydrogen) atoms. The Morgan fingerprint density at radius 3 is 2.00 bits per heavy atom. The van der Waals surface area contributed by atoms with Gasteiger partial charge in [-0.2, -0.15) is 0 Å². The molecular formula is C22H34OSi2. The molecule has 1 rings (SSSR count). The number of benzene rings is 1. The molecule has 0 spiro atoms. The van der Waals surface area contributed by atoms with E-state index in [-0.39, 0.29) is 11.1 Å². The Morgan fingerprint density at radius 1 is 0.920 bits per heavy atom. The first-order chi connectivity index (χ1) is 11.4.